The van der Waals surface area contributed by atoms with Crippen LogP contribution < -0.4 is 11.2 Å². The number of aryl methyl sites for hydroxylation is 1. The van der Waals surface area contributed by atoms with Gasteiger partial charge in [-0.1, -0.05) is 12.1 Å². The van der Waals surface area contributed by atoms with Crippen molar-refractivity contribution in [2.75, 3.05) is 13.1 Å². The molecule has 7 nitrogen and oxygen atoms in total. The molecule has 0 saturated carbocycles. The number of hydrogen-bond acceptors (Lipinski definition) is 4. The van der Waals surface area contributed by atoms with E-state index >= 15 is 0 Å². The van der Waals surface area contributed by atoms with Crippen LogP contribution in [-0.2, 0) is 16.1 Å². The Morgan fingerprint density at radius 2 is 2.08 bits per heavy atom. The highest BCUT2D eigenvalue weighted by atomic mass is 16.2. The first kappa shape index (κ1) is 16.2. The van der Waals surface area contributed by atoms with Crippen molar-refractivity contribution in [2.24, 2.45) is 11.7 Å². The average molecular weight is 328 g/mol. The molecule has 1 saturated heterocycles. The van der Waals surface area contributed by atoms with Gasteiger partial charge in [0.05, 0.1) is 24.2 Å². The number of primary amides is 1. The number of benzene rings is 1. The van der Waals surface area contributed by atoms with Crippen LogP contribution in [0.1, 0.15) is 19.3 Å². The lowest BCUT2D eigenvalue weighted by atomic mass is 9.97. The molecule has 1 unspecified atom stereocenters. The van der Waals surface area contributed by atoms with Crippen LogP contribution in [0.3, 0.4) is 0 Å². The Hall–Kier alpha value is -2.70. The van der Waals surface area contributed by atoms with Crippen molar-refractivity contribution in [3.8, 4) is 0 Å². The van der Waals surface area contributed by atoms with Gasteiger partial charge in [0, 0.05) is 24.9 Å². The zero-order valence-electron chi connectivity index (χ0n) is 13.4. The Bertz CT molecular complexity index is 830. The molecule has 2 aromatic rings. The molecular weight excluding hydrogens is 308 g/mol. The van der Waals surface area contributed by atoms with Crippen LogP contribution >= 0.6 is 0 Å². The second-order valence-corrected chi connectivity index (χ2v) is 6.08. The number of para-hydroxylation sites is 1. The summed E-state index contributed by atoms with van der Waals surface area (Å²) in [7, 11) is 0. The van der Waals surface area contributed by atoms with Gasteiger partial charge in [0.2, 0.25) is 17.2 Å². The molecule has 1 aromatic heterocycles. The van der Waals surface area contributed by atoms with Gasteiger partial charge in [0.15, 0.2) is 0 Å². The molecule has 1 fully saturated rings. The van der Waals surface area contributed by atoms with E-state index in [0.29, 0.717) is 30.5 Å². The second kappa shape index (κ2) is 6.82. The van der Waals surface area contributed by atoms with Gasteiger partial charge < -0.3 is 10.6 Å². The number of rotatable bonds is 4. The molecule has 1 atom stereocenters. The number of carbonyl (C=O) groups excluding carboxylic acids is 2. The number of aromatic nitrogens is 2. The summed E-state index contributed by atoms with van der Waals surface area (Å²) in [6.07, 6.45) is 3.08. The summed E-state index contributed by atoms with van der Waals surface area (Å²) in [4.78, 5) is 37.3. The first-order valence-corrected chi connectivity index (χ1v) is 8.08. The van der Waals surface area contributed by atoms with Crippen molar-refractivity contribution in [3.05, 3.63) is 40.7 Å². The maximum absolute atomic E-state index is 12.4. The molecule has 2 heterocycles. The lowest BCUT2D eigenvalue weighted by molar-refractivity contribution is -0.135. The molecule has 0 bridgehead atoms. The van der Waals surface area contributed by atoms with Gasteiger partial charge in [0.25, 0.3) is 0 Å². The molecule has 3 rings (SSSR count). The predicted octanol–water partition coefficient (Wildman–Crippen LogP) is 0.510. The monoisotopic (exact) mass is 328 g/mol. The number of amides is 2. The topological polar surface area (TPSA) is 98.3 Å². The summed E-state index contributed by atoms with van der Waals surface area (Å²) >= 11 is 0. The first-order valence-electron chi connectivity index (χ1n) is 8.08. The van der Waals surface area contributed by atoms with Gasteiger partial charge in [0.1, 0.15) is 0 Å². The van der Waals surface area contributed by atoms with Crippen molar-refractivity contribution in [3.63, 3.8) is 0 Å². The van der Waals surface area contributed by atoms with Gasteiger partial charge in [-0.15, -0.1) is 0 Å². The third-order valence-corrected chi connectivity index (χ3v) is 4.48. The van der Waals surface area contributed by atoms with Crippen LogP contribution in [-0.4, -0.2) is 39.6 Å². The maximum Gasteiger partial charge on any atom is 0.224 e. The van der Waals surface area contributed by atoms with E-state index in [1.54, 1.807) is 21.7 Å². The number of likely N-dealkylation sites (tertiary alicyclic amines) is 1. The van der Waals surface area contributed by atoms with E-state index in [1.165, 1.54) is 6.20 Å². The van der Waals surface area contributed by atoms with E-state index in [1.807, 2.05) is 12.1 Å². The molecule has 1 aromatic carbocycles. The Labute approximate surface area is 139 Å². The fourth-order valence-electron chi connectivity index (χ4n) is 3.13. The van der Waals surface area contributed by atoms with E-state index in [-0.39, 0.29) is 29.6 Å². The Morgan fingerprint density at radius 1 is 1.29 bits per heavy atom. The highest BCUT2D eigenvalue weighted by Gasteiger charge is 2.26. The normalized spacial score (nSPS) is 17.8. The predicted molar refractivity (Wildman–Crippen MR) is 89.1 cm³/mol. The summed E-state index contributed by atoms with van der Waals surface area (Å²) in [6, 6.07) is 7.21. The number of carbonyl (C=O) groups is 2. The third-order valence-electron chi connectivity index (χ3n) is 4.48. The molecule has 2 N–H and O–H groups in total. The largest absolute Gasteiger partial charge is 0.369 e. The molecule has 24 heavy (non-hydrogen) atoms. The number of nitrogens with zero attached hydrogens (tertiary/aromatic N) is 3. The SMILES string of the molecule is NC(=O)C1CCCN(C(=O)CCn2ncc(=O)c3ccccc32)C1. The minimum Gasteiger partial charge on any atom is -0.369 e. The molecule has 1 aliphatic heterocycles. The van der Waals surface area contributed by atoms with E-state index in [0.717, 1.165) is 12.8 Å². The molecule has 0 radical (unpaired) electrons. The van der Waals surface area contributed by atoms with Crippen molar-refractivity contribution in [1.82, 2.24) is 14.7 Å². The first-order chi connectivity index (χ1) is 11.6. The lowest BCUT2D eigenvalue weighted by Crippen LogP contribution is -2.44. The van der Waals surface area contributed by atoms with Gasteiger partial charge in [-0.25, -0.2) is 0 Å². The standard InChI is InChI=1S/C17H20N4O3/c18-17(24)12-4-3-8-20(11-12)16(23)7-9-21-14-6-2-1-5-13(14)15(22)10-19-21/h1-2,5-6,10,12H,3-4,7-9,11H2,(H2,18,24). The Balaban J connectivity index is 1.70. The molecule has 0 aliphatic carbocycles. The average Bonchev–Trinajstić information content (AvgIpc) is 2.61. The van der Waals surface area contributed by atoms with Crippen LogP contribution in [0.25, 0.3) is 10.9 Å². The van der Waals surface area contributed by atoms with Crippen molar-refractivity contribution < 1.29 is 9.59 Å². The van der Waals surface area contributed by atoms with Gasteiger partial charge in [-0.2, -0.15) is 5.10 Å². The van der Waals surface area contributed by atoms with Gasteiger partial charge in [-0.05, 0) is 25.0 Å². The fraction of sp³-hybridized carbons (Fsp3) is 0.412. The molecule has 2 amide bonds. The van der Waals surface area contributed by atoms with Crippen LogP contribution in [0.4, 0.5) is 0 Å². The van der Waals surface area contributed by atoms with E-state index in [9.17, 15) is 14.4 Å². The van der Waals surface area contributed by atoms with Crippen molar-refractivity contribution in [1.29, 1.82) is 0 Å². The number of hydrogen-bond donors (Lipinski definition) is 1. The number of nitrogens with two attached hydrogens (primary N) is 1. The zero-order chi connectivity index (χ0) is 17.1. The number of fused-ring (bicyclic) bond motifs is 1. The summed E-state index contributed by atoms with van der Waals surface area (Å²) < 4.78 is 1.67. The van der Waals surface area contributed by atoms with Crippen LogP contribution in [0, 0.1) is 5.92 Å². The Morgan fingerprint density at radius 3 is 2.88 bits per heavy atom. The van der Waals surface area contributed by atoms with Crippen molar-refractivity contribution >= 4 is 22.7 Å². The van der Waals surface area contributed by atoms with Crippen LogP contribution in [0.15, 0.2) is 35.3 Å². The van der Waals surface area contributed by atoms with Crippen molar-refractivity contribution in [2.45, 2.75) is 25.8 Å². The lowest BCUT2D eigenvalue weighted by Gasteiger charge is -2.31. The van der Waals surface area contributed by atoms with E-state index in [2.05, 4.69) is 5.10 Å². The quantitative estimate of drug-likeness (QED) is 0.884. The van der Waals surface area contributed by atoms with Crippen LogP contribution in [0.2, 0.25) is 0 Å². The fourth-order valence-corrected chi connectivity index (χ4v) is 3.13. The highest BCUT2D eigenvalue weighted by Crippen LogP contribution is 2.17. The molecular formula is C17H20N4O3. The van der Waals surface area contributed by atoms with E-state index < -0.39 is 0 Å². The third kappa shape index (κ3) is 3.29. The second-order valence-electron chi connectivity index (χ2n) is 6.08. The summed E-state index contributed by atoms with van der Waals surface area (Å²) in [5, 5.41) is 4.72. The molecule has 126 valence electrons. The number of piperidine rings is 1. The molecule has 0 spiro atoms. The highest BCUT2D eigenvalue weighted by molar-refractivity contribution is 5.81. The minimum atomic E-state index is -0.347. The molecule has 7 heteroatoms. The summed E-state index contributed by atoms with van der Waals surface area (Å²) in [5.41, 5.74) is 5.93. The minimum absolute atomic E-state index is 0.0227. The summed E-state index contributed by atoms with van der Waals surface area (Å²) in [5.74, 6) is -0.625. The summed E-state index contributed by atoms with van der Waals surface area (Å²) in [6.45, 7) is 1.44. The van der Waals surface area contributed by atoms with E-state index in [4.69, 9.17) is 5.73 Å². The smallest absolute Gasteiger partial charge is 0.224 e. The van der Waals surface area contributed by atoms with Gasteiger partial charge in [-0.3, -0.25) is 19.1 Å². The zero-order valence-corrected chi connectivity index (χ0v) is 13.4. The van der Waals surface area contributed by atoms with Crippen LogP contribution in [0.5, 0.6) is 0 Å². The van der Waals surface area contributed by atoms with Gasteiger partial charge >= 0.3 is 0 Å². The maximum atomic E-state index is 12.4. The molecule has 1 aliphatic rings. The Kier molecular flexibility index (Phi) is 4.59.